The van der Waals surface area contributed by atoms with E-state index in [-0.39, 0.29) is 10.8 Å². The number of carbonyl (C=O) groups is 1. The summed E-state index contributed by atoms with van der Waals surface area (Å²) in [6.45, 7) is 2.35. The summed E-state index contributed by atoms with van der Waals surface area (Å²) in [6.07, 6.45) is 4.77. The van der Waals surface area contributed by atoms with Gasteiger partial charge < -0.3 is 9.84 Å². The first-order valence-electron chi connectivity index (χ1n) is 8.80. The van der Waals surface area contributed by atoms with Crippen molar-refractivity contribution in [2.75, 3.05) is 11.3 Å². The Morgan fingerprint density at radius 2 is 1.93 bits per heavy atom. The highest BCUT2D eigenvalue weighted by Crippen LogP contribution is 2.17. The number of nitrogens with zero attached hydrogens (tertiary/aromatic N) is 1. The van der Waals surface area contributed by atoms with E-state index < -0.39 is 10.0 Å². The lowest BCUT2D eigenvalue weighted by Gasteiger charge is -2.10. The zero-order valence-corrected chi connectivity index (χ0v) is 16.2. The van der Waals surface area contributed by atoms with Gasteiger partial charge in [0.05, 0.1) is 11.1 Å². The molecule has 0 saturated heterocycles. The molecule has 1 amide bonds. The predicted molar refractivity (Wildman–Crippen MR) is 106 cm³/mol. The van der Waals surface area contributed by atoms with Crippen LogP contribution in [0.25, 0.3) is 0 Å². The molecule has 0 aliphatic rings. The number of hydrogen-bond donors (Lipinski definition) is 2. The number of sulfonamides is 1. The lowest BCUT2D eigenvalue weighted by molar-refractivity contribution is 0.0953. The quantitative estimate of drug-likeness (QED) is 0.567. The fourth-order valence-electron chi connectivity index (χ4n) is 2.63. The number of rotatable bonds is 8. The van der Waals surface area contributed by atoms with E-state index in [1.54, 1.807) is 48.9 Å². The number of aromatic nitrogens is 1. The van der Waals surface area contributed by atoms with Crippen LogP contribution >= 0.6 is 0 Å². The summed E-state index contributed by atoms with van der Waals surface area (Å²) in [7, 11) is -3.67. The molecule has 0 aliphatic carbocycles. The van der Waals surface area contributed by atoms with Crippen molar-refractivity contribution in [1.29, 1.82) is 0 Å². The second-order valence-corrected chi connectivity index (χ2v) is 8.07. The zero-order valence-electron chi connectivity index (χ0n) is 15.4. The molecule has 0 fully saturated rings. The molecule has 0 spiro atoms. The third-order valence-corrected chi connectivity index (χ3v) is 5.49. The van der Waals surface area contributed by atoms with Crippen molar-refractivity contribution in [2.45, 2.75) is 24.7 Å². The topological polar surface area (TPSA) is 101 Å². The lowest BCUT2D eigenvalue weighted by Crippen LogP contribution is -2.24. The van der Waals surface area contributed by atoms with Crippen molar-refractivity contribution in [1.82, 2.24) is 10.5 Å². The summed E-state index contributed by atoms with van der Waals surface area (Å²) in [4.78, 5) is 12.4. The van der Waals surface area contributed by atoms with Gasteiger partial charge in [-0.15, -0.1) is 0 Å². The van der Waals surface area contributed by atoms with Crippen LogP contribution < -0.4 is 10.0 Å². The lowest BCUT2D eigenvalue weighted by atomic mass is 10.2. The molecule has 0 atom stereocenters. The van der Waals surface area contributed by atoms with Gasteiger partial charge in [-0.1, -0.05) is 17.3 Å². The Morgan fingerprint density at radius 1 is 1.14 bits per heavy atom. The molecule has 0 bridgehead atoms. The number of carbonyl (C=O) groups excluding carboxylic acids is 1. The van der Waals surface area contributed by atoms with E-state index in [9.17, 15) is 13.2 Å². The van der Waals surface area contributed by atoms with Crippen molar-refractivity contribution in [2.24, 2.45) is 0 Å². The molecule has 0 unspecified atom stereocenters. The average Bonchev–Trinajstić information content (AvgIpc) is 3.19. The van der Waals surface area contributed by atoms with Gasteiger partial charge in [0.25, 0.3) is 15.9 Å². The molecule has 8 heteroatoms. The maximum Gasteiger partial charge on any atom is 0.261 e. The first kappa shape index (κ1) is 19.6. The number of anilines is 1. The summed E-state index contributed by atoms with van der Waals surface area (Å²) >= 11 is 0. The maximum absolute atomic E-state index is 12.4. The summed E-state index contributed by atoms with van der Waals surface area (Å²) in [6, 6.07) is 13.0. The van der Waals surface area contributed by atoms with Gasteiger partial charge in [0, 0.05) is 23.4 Å². The second-order valence-electron chi connectivity index (χ2n) is 6.39. The number of benzene rings is 2. The summed E-state index contributed by atoms with van der Waals surface area (Å²) in [5, 5.41) is 6.46. The Morgan fingerprint density at radius 3 is 2.61 bits per heavy atom. The Kier molecular flexibility index (Phi) is 6.10. The highest BCUT2D eigenvalue weighted by atomic mass is 32.2. The van der Waals surface area contributed by atoms with Gasteiger partial charge in [-0.05, 0) is 61.7 Å². The van der Waals surface area contributed by atoms with Gasteiger partial charge >= 0.3 is 0 Å². The van der Waals surface area contributed by atoms with Crippen LogP contribution in [0.5, 0.6) is 0 Å². The van der Waals surface area contributed by atoms with Crippen molar-refractivity contribution >= 4 is 21.6 Å². The Bertz CT molecular complexity index is 1030. The van der Waals surface area contributed by atoms with Crippen LogP contribution in [0, 0.1) is 6.92 Å². The smallest absolute Gasteiger partial charge is 0.261 e. The Hall–Kier alpha value is -3.13. The van der Waals surface area contributed by atoms with E-state index >= 15 is 0 Å². The molecule has 0 aliphatic heterocycles. The van der Waals surface area contributed by atoms with Crippen LogP contribution in [0.4, 0.5) is 5.69 Å². The zero-order chi connectivity index (χ0) is 20.0. The minimum Gasteiger partial charge on any atom is -0.364 e. The second kappa shape index (κ2) is 8.71. The summed E-state index contributed by atoms with van der Waals surface area (Å²) in [5.41, 5.74) is 2.70. The normalized spacial score (nSPS) is 11.2. The van der Waals surface area contributed by atoms with Gasteiger partial charge in [0.1, 0.15) is 6.26 Å². The molecule has 2 N–H and O–H groups in total. The predicted octanol–water partition coefficient (Wildman–Crippen LogP) is 3.15. The monoisotopic (exact) mass is 399 g/mol. The number of amides is 1. The van der Waals surface area contributed by atoms with Crippen LogP contribution in [-0.4, -0.2) is 26.0 Å². The summed E-state index contributed by atoms with van der Waals surface area (Å²) < 4.78 is 32.2. The first-order valence-corrected chi connectivity index (χ1v) is 10.3. The van der Waals surface area contributed by atoms with E-state index in [1.807, 2.05) is 13.0 Å². The van der Waals surface area contributed by atoms with Gasteiger partial charge in [-0.3, -0.25) is 9.52 Å². The van der Waals surface area contributed by atoms with Crippen LogP contribution in [0.15, 0.2) is 70.4 Å². The van der Waals surface area contributed by atoms with Crippen molar-refractivity contribution < 1.29 is 17.7 Å². The fraction of sp³-hybridized carbons (Fsp3) is 0.200. The number of aryl methyl sites for hydroxylation is 2. The molecule has 2 aromatic carbocycles. The molecular weight excluding hydrogens is 378 g/mol. The maximum atomic E-state index is 12.4. The number of nitrogens with one attached hydrogen (secondary N) is 2. The SMILES string of the molecule is Cc1cccc(S(=O)(=O)Nc2ccc(C(=O)NCCCc3cnoc3)cc2)c1. The first-order chi connectivity index (χ1) is 13.4. The molecule has 1 aromatic heterocycles. The van der Waals surface area contributed by atoms with E-state index in [4.69, 9.17) is 4.52 Å². The van der Waals surface area contributed by atoms with E-state index in [1.165, 1.54) is 6.07 Å². The molecule has 28 heavy (non-hydrogen) atoms. The fourth-order valence-corrected chi connectivity index (χ4v) is 3.80. The molecule has 0 saturated carbocycles. The van der Waals surface area contributed by atoms with Crippen molar-refractivity contribution in [3.63, 3.8) is 0 Å². The molecule has 1 heterocycles. The summed E-state index contributed by atoms with van der Waals surface area (Å²) in [5.74, 6) is -0.210. The van der Waals surface area contributed by atoms with Crippen molar-refractivity contribution in [3.05, 3.63) is 77.7 Å². The van der Waals surface area contributed by atoms with Crippen molar-refractivity contribution in [3.8, 4) is 0 Å². The Balaban J connectivity index is 1.54. The van der Waals surface area contributed by atoms with E-state index in [2.05, 4.69) is 15.2 Å². The molecule has 7 nitrogen and oxygen atoms in total. The van der Waals surface area contributed by atoms with Gasteiger partial charge in [0.15, 0.2) is 0 Å². The van der Waals surface area contributed by atoms with Gasteiger partial charge in [-0.25, -0.2) is 8.42 Å². The van der Waals surface area contributed by atoms with E-state index in [0.29, 0.717) is 17.8 Å². The number of hydrogen-bond acceptors (Lipinski definition) is 5. The Labute approximate surface area is 163 Å². The molecular formula is C20H21N3O4S. The third-order valence-electron chi connectivity index (χ3n) is 4.11. The molecule has 3 aromatic rings. The standard InChI is InChI=1S/C20H21N3O4S/c1-15-4-2-6-19(12-15)28(25,26)23-18-9-7-17(8-10-18)20(24)21-11-3-5-16-13-22-27-14-16/h2,4,6-10,12-14,23H,3,5,11H2,1H3,(H,21,24). The minimum absolute atomic E-state index is 0.196. The molecule has 3 rings (SSSR count). The van der Waals surface area contributed by atoms with Crippen LogP contribution in [0.3, 0.4) is 0 Å². The van der Waals surface area contributed by atoms with Crippen LogP contribution in [0.2, 0.25) is 0 Å². The molecule has 0 radical (unpaired) electrons. The van der Waals surface area contributed by atoms with Gasteiger partial charge in [-0.2, -0.15) is 0 Å². The minimum atomic E-state index is -3.67. The highest BCUT2D eigenvalue weighted by Gasteiger charge is 2.14. The van der Waals surface area contributed by atoms with Crippen LogP contribution in [-0.2, 0) is 16.4 Å². The third kappa shape index (κ3) is 5.20. The highest BCUT2D eigenvalue weighted by molar-refractivity contribution is 7.92. The van der Waals surface area contributed by atoms with Gasteiger partial charge in [0.2, 0.25) is 0 Å². The van der Waals surface area contributed by atoms with E-state index in [0.717, 1.165) is 24.0 Å². The average molecular weight is 399 g/mol. The largest absolute Gasteiger partial charge is 0.364 e. The molecule has 146 valence electrons. The van der Waals surface area contributed by atoms with Crippen LogP contribution in [0.1, 0.15) is 27.9 Å².